The maximum atomic E-state index is 12.9. The molecule has 0 fully saturated rings. The largest absolute Gasteiger partial charge is 0.484 e. The number of sulfonamides is 1. The van der Waals surface area contributed by atoms with Gasteiger partial charge in [0.15, 0.2) is 6.61 Å². The number of hydrogen-bond donors (Lipinski definition) is 2. The van der Waals surface area contributed by atoms with Crippen molar-refractivity contribution >= 4 is 31.9 Å². The Balaban J connectivity index is 1.88. The van der Waals surface area contributed by atoms with Gasteiger partial charge in [-0.15, -0.1) is 4.83 Å². The molecule has 2 N–H and O–H groups in total. The summed E-state index contributed by atoms with van der Waals surface area (Å²) in [5, 5.41) is 0. The van der Waals surface area contributed by atoms with E-state index in [4.69, 9.17) is 4.74 Å². The third-order valence-electron chi connectivity index (χ3n) is 2.60. The number of benzene rings is 2. The number of carbonyl (C=O) groups excluding carboxylic acids is 1. The summed E-state index contributed by atoms with van der Waals surface area (Å²) in [6, 6.07) is 11.2. The molecule has 0 heterocycles. The Morgan fingerprint density at radius 1 is 1.17 bits per heavy atom. The van der Waals surface area contributed by atoms with Gasteiger partial charge in [-0.1, -0.05) is 28.1 Å². The molecule has 23 heavy (non-hydrogen) atoms. The number of ether oxygens (including phenoxy) is 1. The van der Waals surface area contributed by atoms with Crippen LogP contribution in [0.5, 0.6) is 5.75 Å². The quantitative estimate of drug-likeness (QED) is 0.723. The van der Waals surface area contributed by atoms with E-state index in [1.807, 2.05) is 10.3 Å². The summed E-state index contributed by atoms with van der Waals surface area (Å²) in [6.45, 7) is -0.468. The summed E-state index contributed by atoms with van der Waals surface area (Å²) in [6.07, 6.45) is 0. The molecule has 0 saturated heterocycles. The molecule has 0 aliphatic heterocycles. The van der Waals surface area contributed by atoms with Crippen LogP contribution in [-0.2, 0) is 14.8 Å². The van der Waals surface area contributed by atoms with Crippen molar-refractivity contribution in [2.24, 2.45) is 0 Å². The van der Waals surface area contributed by atoms with Crippen molar-refractivity contribution in [1.29, 1.82) is 0 Å². The monoisotopic (exact) mass is 402 g/mol. The van der Waals surface area contributed by atoms with Crippen molar-refractivity contribution in [1.82, 2.24) is 10.3 Å². The van der Waals surface area contributed by atoms with Gasteiger partial charge in [0.25, 0.3) is 15.9 Å². The van der Waals surface area contributed by atoms with Gasteiger partial charge in [-0.05, 0) is 30.3 Å². The van der Waals surface area contributed by atoms with Gasteiger partial charge in [0.1, 0.15) is 11.6 Å². The molecule has 0 aliphatic rings. The van der Waals surface area contributed by atoms with Crippen molar-refractivity contribution in [3.8, 4) is 5.75 Å². The van der Waals surface area contributed by atoms with Gasteiger partial charge in [0.2, 0.25) is 0 Å². The molecule has 1 amide bonds. The van der Waals surface area contributed by atoms with E-state index >= 15 is 0 Å². The Morgan fingerprint density at radius 3 is 2.61 bits per heavy atom. The minimum atomic E-state index is -3.90. The number of carbonyl (C=O) groups is 1. The molecule has 9 heteroatoms. The first kappa shape index (κ1) is 17.4. The maximum absolute atomic E-state index is 12.9. The van der Waals surface area contributed by atoms with Gasteiger partial charge in [0.05, 0.1) is 4.90 Å². The number of hydrogen-bond acceptors (Lipinski definition) is 4. The van der Waals surface area contributed by atoms with E-state index in [9.17, 15) is 17.6 Å². The highest BCUT2D eigenvalue weighted by Crippen LogP contribution is 2.15. The van der Waals surface area contributed by atoms with E-state index in [1.54, 1.807) is 12.1 Å². The van der Waals surface area contributed by atoms with Gasteiger partial charge in [-0.25, -0.2) is 12.8 Å². The summed E-state index contributed by atoms with van der Waals surface area (Å²) in [5.74, 6) is -1.07. The van der Waals surface area contributed by atoms with Crippen LogP contribution in [0.4, 0.5) is 4.39 Å². The Labute approximate surface area is 140 Å². The van der Waals surface area contributed by atoms with Gasteiger partial charge in [-0.2, -0.15) is 0 Å². The molecule has 0 aliphatic carbocycles. The number of halogens is 2. The fourth-order valence-electron chi connectivity index (χ4n) is 1.56. The lowest BCUT2D eigenvalue weighted by Gasteiger charge is -2.09. The van der Waals surface area contributed by atoms with Crippen molar-refractivity contribution < 1.29 is 22.3 Å². The number of hydrazine groups is 1. The van der Waals surface area contributed by atoms with Crippen LogP contribution < -0.4 is 15.0 Å². The average Bonchev–Trinajstić information content (AvgIpc) is 2.51. The minimum Gasteiger partial charge on any atom is -0.484 e. The fourth-order valence-corrected chi connectivity index (χ4v) is 3.02. The maximum Gasteiger partial charge on any atom is 0.272 e. The number of rotatable bonds is 6. The van der Waals surface area contributed by atoms with E-state index in [1.165, 1.54) is 30.3 Å². The standard InChI is InChI=1S/C14H12BrFN2O4S/c15-10-3-1-6-13(7-10)23(20,21)18-17-14(19)9-22-12-5-2-4-11(16)8-12/h1-8,18H,9H2,(H,17,19). The van der Waals surface area contributed by atoms with Crippen LogP contribution in [0.25, 0.3) is 0 Å². The lowest BCUT2D eigenvalue weighted by atomic mass is 10.3. The van der Waals surface area contributed by atoms with Crippen molar-refractivity contribution in [2.75, 3.05) is 6.61 Å². The normalized spacial score (nSPS) is 11.0. The number of nitrogens with one attached hydrogen (secondary N) is 2. The van der Waals surface area contributed by atoms with Crippen LogP contribution in [0.3, 0.4) is 0 Å². The summed E-state index contributed by atoms with van der Waals surface area (Å²) in [5.41, 5.74) is 2.01. The SMILES string of the molecule is O=C(COc1cccc(F)c1)NNS(=O)(=O)c1cccc(Br)c1. The Bertz CT molecular complexity index is 814. The van der Waals surface area contributed by atoms with Gasteiger partial charge in [-0.3, -0.25) is 10.2 Å². The van der Waals surface area contributed by atoms with Crippen LogP contribution in [0.15, 0.2) is 57.9 Å². The van der Waals surface area contributed by atoms with E-state index < -0.39 is 28.4 Å². The van der Waals surface area contributed by atoms with Crippen LogP contribution >= 0.6 is 15.9 Å². The highest BCUT2D eigenvalue weighted by atomic mass is 79.9. The molecule has 2 aromatic carbocycles. The predicted octanol–water partition coefficient (Wildman–Crippen LogP) is 1.98. The van der Waals surface area contributed by atoms with Gasteiger partial charge < -0.3 is 4.74 Å². The molecular formula is C14H12BrFN2O4S. The summed E-state index contributed by atoms with van der Waals surface area (Å²) >= 11 is 3.16. The van der Waals surface area contributed by atoms with Crippen LogP contribution in [-0.4, -0.2) is 20.9 Å². The van der Waals surface area contributed by atoms with Crippen molar-refractivity contribution in [2.45, 2.75) is 4.90 Å². The first-order valence-electron chi connectivity index (χ1n) is 6.31. The van der Waals surface area contributed by atoms with Crippen molar-refractivity contribution in [3.63, 3.8) is 0 Å². The molecule has 0 radical (unpaired) electrons. The second kappa shape index (κ2) is 7.53. The van der Waals surface area contributed by atoms with Crippen LogP contribution in [0, 0.1) is 5.82 Å². The molecule has 0 spiro atoms. The van der Waals surface area contributed by atoms with Gasteiger partial charge >= 0.3 is 0 Å². The minimum absolute atomic E-state index is 0.0155. The van der Waals surface area contributed by atoms with E-state index in [0.29, 0.717) is 4.47 Å². The summed E-state index contributed by atoms with van der Waals surface area (Å²) in [7, 11) is -3.90. The topological polar surface area (TPSA) is 84.5 Å². The Morgan fingerprint density at radius 2 is 1.91 bits per heavy atom. The zero-order valence-corrected chi connectivity index (χ0v) is 14.0. The molecule has 0 saturated carbocycles. The predicted molar refractivity (Wildman–Crippen MR) is 84.5 cm³/mol. The van der Waals surface area contributed by atoms with E-state index in [0.717, 1.165) is 6.07 Å². The second-order valence-corrected chi connectivity index (χ2v) is 6.96. The molecule has 2 aromatic rings. The molecule has 0 unspecified atom stereocenters. The molecule has 0 aromatic heterocycles. The second-order valence-electron chi connectivity index (χ2n) is 4.36. The third-order valence-corrected chi connectivity index (χ3v) is 4.34. The number of amides is 1. The smallest absolute Gasteiger partial charge is 0.272 e. The molecule has 2 rings (SSSR count). The van der Waals surface area contributed by atoms with Crippen LogP contribution in [0.2, 0.25) is 0 Å². The van der Waals surface area contributed by atoms with Crippen molar-refractivity contribution in [3.05, 3.63) is 58.8 Å². The fraction of sp³-hybridized carbons (Fsp3) is 0.0714. The Hall–Kier alpha value is -1.97. The average molecular weight is 403 g/mol. The molecule has 0 bridgehead atoms. The zero-order valence-electron chi connectivity index (χ0n) is 11.6. The molecule has 6 nitrogen and oxygen atoms in total. The van der Waals surface area contributed by atoms with Crippen LogP contribution in [0.1, 0.15) is 0 Å². The molecule has 122 valence electrons. The zero-order chi connectivity index (χ0) is 16.9. The first-order chi connectivity index (χ1) is 10.9. The van der Waals surface area contributed by atoms with E-state index in [-0.39, 0.29) is 10.6 Å². The highest BCUT2D eigenvalue weighted by Gasteiger charge is 2.15. The van der Waals surface area contributed by atoms with E-state index in [2.05, 4.69) is 15.9 Å². The lowest BCUT2D eigenvalue weighted by molar-refractivity contribution is -0.123. The summed E-state index contributed by atoms with van der Waals surface area (Å²) < 4.78 is 42.5. The highest BCUT2D eigenvalue weighted by molar-refractivity contribution is 9.10. The lowest BCUT2D eigenvalue weighted by Crippen LogP contribution is -2.43. The van der Waals surface area contributed by atoms with Gasteiger partial charge in [0, 0.05) is 10.5 Å². The first-order valence-corrected chi connectivity index (χ1v) is 8.59. The Kier molecular flexibility index (Phi) is 5.69. The molecule has 0 atom stereocenters. The summed E-state index contributed by atoms with van der Waals surface area (Å²) in [4.78, 5) is 13.5. The third kappa shape index (κ3) is 5.31. The molecular weight excluding hydrogens is 391 g/mol.